The largest absolute Gasteiger partial charge is 0.364 e. The lowest BCUT2D eigenvalue weighted by atomic mass is 10.1. The van der Waals surface area contributed by atoms with Crippen LogP contribution in [0.15, 0.2) is 41.4 Å². The van der Waals surface area contributed by atoms with Crippen LogP contribution in [-0.4, -0.2) is 15.4 Å². The Kier molecular flexibility index (Phi) is 1.41. The number of hydrogen-bond donors (Lipinski definition) is 1. The third-order valence-corrected chi connectivity index (χ3v) is 2.21. The average molecular weight is 185 g/mol. The van der Waals surface area contributed by atoms with Gasteiger partial charge < -0.3 is 4.52 Å². The summed E-state index contributed by atoms with van der Waals surface area (Å²) in [4.78, 5) is 0. The van der Waals surface area contributed by atoms with Crippen molar-refractivity contribution in [2.24, 2.45) is 0 Å². The maximum Gasteiger partial charge on any atom is 0.131 e. The summed E-state index contributed by atoms with van der Waals surface area (Å²) >= 11 is 0. The number of hydrogen-bond acceptors (Lipinski definition) is 3. The number of fused-ring (bicyclic) bond motifs is 1. The molecule has 3 aromatic rings. The van der Waals surface area contributed by atoms with Gasteiger partial charge in [0.15, 0.2) is 0 Å². The third kappa shape index (κ3) is 1.01. The van der Waals surface area contributed by atoms with Crippen molar-refractivity contribution in [1.82, 2.24) is 15.4 Å². The van der Waals surface area contributed by atoms with Crippen LogP contribution in [0.25, 0.3) is 22.0 Å². The highest BCUT2D eigenvalue weighted by molar-refractivity contribution is 5.83. The van der Waals surface area contributed by atoms with Gasteiger partial charge in [0.25, 0.3) is 0 Å². The number of aromatic nitrogens is 3. The molecule has 0 bridgehead atoms. The molecule has 0 saturated carbocycles. The zero-order valence-corrected chi connectivity index (χ0v) is 7.27. The van der Waals surface area contributed by atoms with Crippen molar-refractivity contribution >= 4 is 10.9 Å². The molecule has 0 amide bonds. The quantitative estimate of drug-likeness (QED) is 0.632. The summed E-state index contributed by atoms with van der Waals surface area (Å²) in [6, 6.07) is 6.04. The van der Waals surface area contributed by atoms with Gasteiger partial charge in [0.2, 0.25) is 0 Å². The monoisotopic (exact) mass is 185 g/mol. The molecule has 0 aliphatic carbocycles. The average Bonchev–Trinajstić information content (AvgIpc) is 2.88. The first-order valence-electron chi connectivity index (χ1n) is 4.26. The number of benzene rings is 1. The Morgan fingerprint density at radius 3 is 3.00 bits per heavy atom. The number of nitrogens with one attached hydrogen (secondary N) is 1. The summed E-state index contributed by atoms with van der Waals surface area (Å²) < 4.78 is 4.79. The van der Waals surface area contributed by atoms with Crippen LogP contribution in [0, 0.1) is 0 Å². The van der Waals surface area contributed by atoms with Gasteiger partial charge in [-0.1, -0.05) is 11.2 Å². The fourth-order valence-electron chi connectivity index (χ4n) is 1.47. The molecule has 0 aliphatic rings. The van der Waals surface area contributed by atoms with Crippen molar-refractivity contribution in [1.29, 1.82) is 0 Å². The number of nitrogens with zero attached hydrogens (tertiary/aromatic N) is 2. The lowest BCUT2D eigenvalue weighted by Gasteiger charge is -1.94. The molecule has 68 valence electrons. The molecule has 1 aromatic carbocycles. The molecular formula is C10H7N3O. The van der Waals surface area contributed by atoms with Crippen molar-refractivity contribution in [3.63, 3.8) is 0 Å². The molecule has 4 nitrogen and oxygen atoms in total. The lowest BCUT2D eigenvalue weighted by molar-refractivity contribution is 0.420. The van der Waals surface area contributed by atoms with Crippen molar-refractivity contribution < 1.29 is 4.52 Å². The molecule has 2 heterocycles. The van der Waals surface area contributed by atoms with Gasteiger partial charge in [-0.25, -0.2) is 0 Å². The Balaban J connectivity index is 2.23. The Morgan fingerprint density at radius 1 is 1.14 bits per heavy atom. The van der Waals surface area contributed by atoms with Crippen LogP contribution >= 0.6 is 0 Å². The third-order valence-electron chi connectivity index (χ3n) is 2.21. The first kappa shape index (κ1) is 7.32. The topological polar surface area (TPSA) is 54.7 Å². The molecule has 0 atom stereocenters. The van der Waals surface area contributed by atoms with E-state index in [0.29, 0.717) is 0 Å². The van der Waals surface area contributed by atoms with Crippen LogP contribution in [0.4, 0.5) is 0 Å². The van der Waals surface area contributed by atoms with E-state index in [4.69, 9.17) is 4.52 Å². The zero-order chi connectivity index (χ0) is 9.38. The van der Waals surface area contributed by atoms with Crippen LogP contribution < -0.4 is 0 Å². The molecule has 3 rings (SSSR count). The minimum absolute atomic E-state index is 0.980. The summed E-state index contributed by atoms with van der Waals surface area (Å²) in [5, 5.41) is 11.6. The summed E-state index contributed by atoms with van der Waals surface area (Å²) in [6.07, 6.45) is 5.12. The van der Waals surface area contributed by atoms with Crippen molar-refractivity contribution in [2.75, 3.05) is 0 Å². The molecular weight excluding hydrogens is 178 g/mol. The summed E-state index contributed by atoms with van der Waals surface area (Å²) in [5.74, 6) is 0. The van der Waals surface area contributed by atoms with Gasteiger partial charge >= 0.3 is 0 Å². The van der Waals surface area contributed by atoms with Crippen LogP contribution in [0.1, 0.15) is 0 Å². The van der Waals surface area contributed by atoms with Crippen LogP contribution in [0.2, 0.25) is 0 Å². The smallest absolute Gasteiger partial charge is 0.131 e. The predicted octanol–water partition coefficient (Wildman–Crippen LogP) is 2.22. The van der Waals surface area contributed by atoms with E-state index in [2.05, 4.69) is 15.4 Å². The maximum atomic E-state index is 4.79. The van der Waals surface area contributed by atoms with E-state index in [9.17, 15) is 0 Å². The Hall–Kier alpha value is -2.10. The summed E-state index contributed by atoms with van der Waals surface area (Å²) in [6.45, 7) is 0. The number of rotatable bonds is 1. The van der Waals surface area contributed by atoms with Gasteiger partial charge in [0.1, 0.15) is 6.26 Å². The fraction of sp³-hybridized carbons (Fsp3) is 0. The normalized spacial score (nSPS) is 10.9. The predicted molar refractivity (Wildman–Crippen MR) is 51.6 cm³/mol. The van der Waals surface area contributed by atoms with E-state index in [0.717, 1.165) is 22.0 Å². The zero-order valence-electron chi connectivity index (χ0n) is 7.27. The van der Waals surface area contributed by atoms with Gasteiger partial charge in [-0.2, -0.15) is 5.10 Å². The van der Waals surface area contributed by atoms with E-state index in [1.165, 1.54) is 0 Å². The van der Waals surface area contributed by atoms with E-state index in [-0.39, 0.29) is 0 Å². The molecule has 0 saturated heterocycles. The van der Waals surface area contributed by atoms with E-state index >= 15 is 0 Å². The minimum Gasteiger partial charge on any atom is -0.364 e. The first-order valence-corrected chi connectivity index (χ1v) is 4.26. The summed E-state index contributed by atoms with van der Waals surface area (Å²) in [5.41, 5.74) is 3.10. The van der Waals surface area contributed by atoms with E-state index < -0.39 is 0 Å². The van der Waals surface area contributed by atoms with Crippen LogP contribution in [0.3, 0.4) is 0 Å². The molecule has 1 N–H and O–H groups in total. The standard InChI is InChI=1S/C10H7N3O/c1-2-10-8(4-11-13-10)3-7(1)9-5-12-14-6-9/h1-6H,(H,11,13). The Bertz CT molecular complexity index is 554. The van der Waals surface area contributed by atoms with Gasteiger partial charge in [-0.15, -0.1) is 0 Å². The first-order chi connectivity index (χ1) is 6.93. The van der Waals surface area contributed by atoms with Gasteiger partial charge in [-0.05, 0) is 17.7 Å². The van der Waals surface area contributed by atoms with Crippen molar-refractivity contribution in [3.05, 3.63) is 36.9 Å². The van der Waals surface area contributed by atoms with Crippen molar-refractivity contribution in [2.45, 2.75) is 0 Å². The number of H-pyrrole nitrogens is 1. The molecule has 4 heteroatoms. The number of aromatic amines is 1. The van der Waals surface area contributed by atoms with Crippen LogP contribution in [0.5, 0.6) is 0 Å². The second-order valence-corrected chi connectivity index (χ2v) is 3.09. The molecule has 2 aromatic heterocycles. The van der Waals surface area contributed by atoms with Gasteiger partial charge in [-0.3, -0.25) is 5.10 Å². The molecule has 0 radical (unpaired) electrons. The molecule has 0 fully saturated rings. The molecule has 0 unspecified atom stereocenters. The SMILES string of the molecule is c1cc2[nH]ncc2cc1-c1cnoc1. The highest BCUT2D eigenvalue weighted by Crippen LogP contribution is 2.22. The highest BCUT2D eigenvalue weighted by atomic mass is 16.5. The lowest BCUT2D eigenvalue weighted by Crippen LogP contribution is -1.73. The molecule has 14 heavy (non-hydrogen) atoms. The Labute approximate surface area is 79.5 Å². The highest BCUT2D eigenvalue weighted by Gasteiger charge is 2.01. The van der Waals surface area contributed by atoms with Crippen molar-refractivity contribution in [3.8, 4) is 11.1 Å². The second kappa shape index (κ2) is 2.70. The van der Waals surface area contributed by atoms with Crippen LogP contribution in [-0.2, 0) is 0 Å². The fourth-order valence-corrected chi connectivity index (χ4v) is 1.47. The van der Waals surface area contributed by atoms with Gasteiger partial charge in [0.05, 0.1) is 17.9 Å². The van der Waals surface area contributed by atoms with E-state index in [1.54, 1.807) is 18.7 Å². The van der Waals surface area contributed by atoms with E-state index in [1.807, 2.05) is 18.2 Å². The summed E-state index contributed by atoms with van der Waals surface area (Å²) in [7, 11) is 0. The minimum atomic E-state index is 0.980. The molecule has 0 aliphatic heterocycles. The second-order valence-electron chi connectivity index (χ2n) is 3.09. The molecule has 0 spiro atoms. The Morgan fingerprint density at radius 2 is 2.14 bits per heavy atom. The maximum absolute atomic E-state index is 4.79. The van der Waals surface area contributed by atoms with Gasteiger partial charge in [0, 0.05) is 10.9 Å².